The second-order valence-electron chi connectivity index (χ2n) is 21.7. The number of benzene rings is 11. The zero-order valence-electron chi connectivity index (χ0n) is 41.8. The van der Waals surface area contributed by atoms with E-state index < -0.39 is 5.41 Å². The molecule has 0 fully saturated rings. The molecule has 3 aliphatic carbocycles. The molecule has 0 unspecified atom stereocenters. The van der Waals surface area contributed by atoms with E-state index in [9.17, 15) is 0 Å². The lowest BCUT2D eigenvalue weighted by Gasteiger charge is -2.36. The Morgan fingerprint density at radius 2 is 0.778 bits per heavy atom. The minimum absolute atomic E-state index is 0.152. The van der Waals surface area contributed by atoms with Crippen LogP contribution in [0.4, 0.5) is 17.1 Å². The Balaban J connectivity index is 0.966. The number of fused-ring (bicyclic) bond motifs is 7. The highest BCUT2D eigenvalue weighted by atomic mass is 15.1. The van der Waals surface area contributed by atoms with Gasteiger partial charge in [-0.15, -0.1) is 0 Å². The van der Waals surface area contributed by atoms with E-state index in [1.165, 1.54) is 121 Å². The van der Waals surface area contributed by atoms with Crippen LogP contribution in [-0.4, -0.2) is 0 Å². The lowest BCUT2D eigenvalue weighted by atomic mass is 9.65. The van der Waals surface area contributed by atoms with Gasteiger partial charge >= 0.3 is 0 Å². The van der Waals surface area contributed by atoms with Crippen LogP contribution in [0.1, 0.15) is 97.2 Å². The first-order chi connectivity index (χ1) is 35.0. The van der Waals surface area contributed by atoms with Crippen molar-refractivity contribution >= 4 is 60.5 Å². The highest BCUT2D eigenvalue weighted by Gasteiger charge is 2.48. The summed E-state index contributed by atoms with van der Waals surface area (Å²) < 4.78 is 0. The Morgan fingerprint density at radius 1 is 0.306 bits per heavy atom. The minimum Gasteiger partial charge on any atom is -0.310 e. The minimum atomic E-state index is -0.598. The van der Waals surface area contributed by atoms with Crippen molar-refractivity contribution in [1.29, 1.82) is 0 Å². The fourth-order valence-electron chi connectivity index (χ4n) is 13.5. The lowest BCUT2D eigenvalue weighted by Crippen LogP contribution is -2.30. The summed E-state index contributed by atoms with van der Waals surface area (Å²) in [5.74, 6) is 0. The predicted octanol–water partition coefficient (Wildman–Crippen LogP) is 18.9. The fraction of sp³-hybridized carbons (Fsp3) is 0.127. The molecule has 0 radical (unpaired) electrons. The van der Waals surface area contributed by atoms with E-state index >= 15 is 0 Å². The Hall–Kier alpha value is -8.26. The maximum absolute atomic E-state index is 2.60. The molecule has 3 aliphatic rings. The van der Waals surface area contributed by atoms with E-state index in [0.29, 0.717) is 0 Å². The normalized spacial score (nSPS) is 15.4. The number of hydrogen-bond donors (Lipinski definition) is 0. The van der Waals surface area contributed by atoms with Crippen LogP contribution in [0.3, 0.4) is 0 Å². The molecule has 1 nitrogen and oxygen atoms in total. The van der Waals surface area contributed by atoms with Crippen molar-refractivity contribution in [2.45, 2.75) is 57.8 Å². The van der Waals surface area contributed by atoms with Crippen LogP contribution in [0.25, 0.3) is 65.7 Å². The molecule has 0 saturated carbocycles. The van der Waals surface area contributed by atoms with Crippen molar-refractivity contribution in [3.05, 3.63) is 280 Å². The Bertz CT molecular complexity index is 3960. The number of anilines is 3. The molecule has 11 aromatic rings. The topological polar surface area (TPSA) is 3.24 Å². The summed E-state index contributed by atoms with van der Waals surface area (Å²) in [6.45, 7) is 14.3. The zero-order valence-corrected chi connectivity index (χ0v) is 41.8. The predicted molar refractivity (Wildman–Crippen MR) is 305 cm³/mol. The summed E-state index contributed by atoms with van der Waals surface area (Å²) in [5, 5.41) is 7.74. The molecule has 0 saturated heterocycles. The van der Waals surface area contributed by atoms with E-state index in [4.69, 9.17) is 0 Å². The van der Waals surface area contributed by atoms with E-state index in [1.54, 1.807) is 0 Å². The molecule has 0 bridgehead atoms. The maximum Gasteiger partial charge on any atom is 0.0714 e. The Labute approximate surface area is 423 Å². The summed E-state index contributed by atoms with van der Waals surface area (Å²) in [4.78, 5) is 2.34. The standard InChI is InChI=1S/C71H55N/c1-44(47-29-30-49-40-56(35-32-48(49)38-47)72(54-19-9-7-10-20-54)55-21-11-8-12-22-55)45(2)51-39-50-31-28-46-18-17-27-63-67(46)68(50)66(41-51)71(63,52-33-36-59-57-23-13-15-25-61(57)69(3,4)64(59)42-52)53-34-37-60-58-24-14-16-26-62(58)70(5,6)65(60)43-53/h7-43H,1-6H3/b45-44+. The molecule has 0 atom stereocenters. The van der Waals surface area contributed by atoms with Gasteiger partial charge in [-0.2, -0.15) is 0 Å². The molecule has 0 spiro atoms. The Morgan fingerprint density at radius 3 is 1.40 bits per heavy atom. The van der Waals surface area contributed by atoms with E-state index in [-0.39, 0.29) is 10.8 Å². The number of allylic oxidation sites excluding steroid dienone is 2. The van der Waals surface area contributed by atoms with Crippen LogP contribution < -0.4 is 4.90 Å². The molecular formula is C71H55N. The highest BCUT2D eigenvalue weighted by Crippen LogP contribution is 2.60. The first-order valence-corrected chi connectivity index (χ1v) is 25.7. The van der Waals surface area contributed by atoms with Gasteiger partial charge in [0.1, 0.15) is 0 Å². The average Bonchev–Trinajstić information content (AvgIpc) is 3.95. The van der Waals surface area contributed by atoms with Gasteiger partial charge in [-0.05, 0) is 190 Å². The van der Waals surface area contributed by atoms with Crippen LogP contribution >= 0.6 is 0 Å². The molecule has 11 aromatic carbocycles. The third kappa shape index (κ3) is 5.88. The van der Waals surface area contributed by atoms with Gasteiger partial charge in [-0.3, -0.25) is 0 Å². The van der Waals surface area contributed by atoms with Gasteiger partial charge in [-0.25, -0.2) is 0 Å². The third-order valence-electron chi connectivity index (χ3n) is 17.3. The molecule has 1 heteroatoms. The van der Waals surface area contributed by atoms with Crippen LogP contribution in [-0.2, 0) is 16.2 Å². The van der Waals surface area contributed by atoms with Crippen molar-refractivity contribution in [2.24, 2.45) is 0 Å². The highest BCUT2D eigenvalue weighted by molar-refractivity contribution is 6.17. The quantitative estimate of drug-likeness (QED) is 0.114. The Kier molecular flexibility index (Phi) is 9.09. The van der Waals surface area contributed by atoms with Crippen molar-refractivity contribution in [2.75, 3.05) is 4.90 Å². The van der Waals surface area contributed by atoms with Crippen molar-refractivity contribution in [3.63, 3.8) is 0 Å². The van der Waals surface area contributed by atoms with E-state index in [1.807, 2.05) is 0 Å². The molecule has 0 heterocycles. The van der Waals surface area contributed by atoms with Crippen molar-refractivity contribution < 1.29 is 0 Å². The van der Waals surface area contributed by atoms with Crippen molar-refractivity contribution in [1.82, 2.24) is 0 Å². The van der Waals surface area contributed by atoms with Crippen LogP contribution in [0.15, 0.2) is 224 Å². The molecule has 0 aliphatic heterocycles. The molecule has 0 amide bonds. The van der Waals surface area contributed by atoms with Crippen LogP contribution in [0, 0.1) is 0 Å². The summed E-state index contributed by atoms with van der Waals surface area (Å²) in [6.07, 6.45) is 0. The van der Waals surface area contributed by atoms with Crippen LogP contribution in [0.2, 0.25) is 0 Å². The van der Waals surface area contributed by atoms with Gasteiger partial charge < -0.3 is 4.90 Å². The fourth-order valence-corrected chi connectivity index (χ4v) is 13.5. The molecule has 14 rings (SSSR count). The monoisotopic (exact) mass is 921 g/mol. The molecular weight excluding hydrogens is 867 g/mol. The third-order valence-corrected chi connectivity index (χ3v) is 17.3. The maximum atomic E-state index is 2.60. The summed E-state index contributed by atoms with van der Waals surface area (Å²) in [6, 6.07) is 85.1. The summed E-state index contributed by atoms with van der Waals surface area (Å²) in [7, 11) is 0. The zero-order chi connectivity index (χ0) is 48.7. The lowest BCUT2D eigenvalue weighted by molar-refractivity contribution is 0.651. The van der Waals surface area contributed by atoms with Gasteiger partial charge in [0.25, 0.3) is 0 Å². The van der Waals surface area contributed by atoms with E-state index in [0.717, 1.165) is 17.1 Å². The van der Waals surface area contributed by atoms with Gasteiger partial charge in [0.05, 0.1) is 5.41 Å². The molecule has 72 heavy (non-hydrogen) atoms. The smallest absolute Gasteiger partial charge is 0.0714 e. The van der Waals surface area contributed by atoms with Gasteiger partial charge in [0.15, 0.2) is 0 Å². The SMILES string of the molecule is C/C(=C(/C)c1cc2c3c(ccc4cccc(c43)C2(c2ccc3c(c2)C(C)(C)c2ccccc2-3)c2ccc3c(c2)C(C)(C)c2ccccc2-3)c1)c1ccc2cc(N(c3ccccc3)c3ccccc3)ccc2c1. The first-order valence-electron chi connectivity index (χ1n) is 25.7. The van der Waals surface area contributed by atoms with Gasteiger partial charge in [0, 0.05) is 27.9 Å². The summed E-state index contributed by atoms with van der Waals surface area (Å²) >= 11 is 0. The molecule has 344 valence electrons. The van der Waals surface area contributed by atoms with Crippen molar-refractivity contribution in [3.8, 4) is 22.3 Å². The number of hydrogen-bond acceptors (Lipinski definition) is 1. The second kappa shape index (κ2) is 15.4. The van der Waals surface area contributed by atoms with Crippen LogP contribution in [0.5, 0.6) is 0 Å². The molecule has 0 aromatic heterocycles. The average molecular weight is 922 g/mol. The number of rotatable bonds is 7. The largest absolute Gasteiger partial charge is 0.310 e. The summed E-state index contributed by atoms with van der Waals surface area (Å²) in [5.41, 5.74) is 23.9. The van der Waals surface area contributed by atoms with Gasteiger partial charge in [0.2, 0.25) is 0 Å². The van der Waals surface area contributed by atoms with E-state index in [2.05, 4.69) is 271 Å². The molecule has 0 N–H and O–H groups in total. The van der Waals surface area contributed by atoms with Gasteiger partial charge in [-0.1, -0.05) is 198 Å². The number of para-hydroxylation sites is 2. The second-order valence-corrected chi connectivity index (χ2v) is 21.7. The number of nitrogens with zero attached hydrogens (tertiary/aromatic N) is 1. The first kappa shape index (κ1) is 42.6.